The molecule has 1 atom stereocenters. The van der Waals surface area contributed by atoms with Gasteiger partial charge in [0.1, 0.15) is 6.54 Å². The van der Waals surface area contributed by atoms with Crippen molar-refractivity contribution in [1.29, 1.82) is 0 Å². The van der Waals surface area contributed by atoms with Gasteiger partial charge < -0.3 is 14.6 Å². The number of aromatic nitrogens is 1. The normalized spacial score (nSPS) is 19.1. The lowest BCUT2D eigenvalue weighted by atomic mass is 10.1. The van der Waals surface area contributed by atoms with E-state index in [2.05, 4.69) is 12.2 Å². The van der Waals surface area contributed by atoms with Crippen LogP contribution in [0.15, 0.2) is 53.6 Å². The monoisotopic (exact) mass is 523 g/mol. The number of imide groups is 1. The van der Waals surface area contributed by atoms with Gasteiger partial charge in [0.2, 0.25) is 5.91 Å². The molecule has 3 heterocycles. The fraction of sp³-hybridized carbons (Fsp3) is 0.296. The highest BCUT2D eigenvalue weighted by Crippen LogP contribution is 2.39. The molecule has 2 fully saturated rings. The summed E-state index contributed by atoms with van der Waals surface area (Å²) in [5, 5.41) is 3.83. The molecular formula is C27H26ClN3O4S. The highest BCUT2D eigenvalue weighted by Gasteiger charge is 2.37. The average Bonchev–Trinajstić information content (AvgIpc) is 3.58. The van der Waals surface area contributed by atoms with Crippen molar-refractivity contribution in [3.63, 3.8) is 0 Å². The topological polar surface area (TPSA) is 80.6 Å². The Morgan fingerprint density at radius 3 is 2.81 bits per heavy atom. The van der Waals surface area contributed by atoms with Gasteiger partial charge in [0.25, 0.3) is 11.1 Å². The van der Waals surface area contributed by atoms with E-state index >= 15 is 0 Å². The van der Waals surface area contributed by atoms with Crippen molar-refractivity contribution in [2.75, 3.05) is 18.1 Å². The first-order chi connectivity index (χ1) is 17.5. The summed E-state index contributed by atoms with van der Waals surface area (Å²) in [6.45, 7) is 3.46. The average molecular weight is 524 g/mol. The second-order valence-corrected chi connectivity index (χ2v) is 10.2. The zero-order valence-electron chi connectivity index (χ0n) is 19.8. The molecule has 1 N–H and O–H groups in total. The largest absolute Gasteiger partial charge is 0.376 e. The molecule has 3 amide bonds. The summed E-state index contributed by atoms with van der Waals surface area (Å²) < 4.78 is 7.52. The Labute approximate surface area is 218 Å². The number of nitrogens with zero attached hydrogens (tertiary/aromatic N) is 2. The van der Waals surface area contributed by atoms with Crippen LogP contribution in [0.25, 0.3) is 17.0 Å². The molecule has 0 bridgehead atoms. The van der Waals surface area contributed by atoms with Crippen molar-refractivity contribution < 1.29 is 19.1 Å². The number of amides is 3. The van der Waals surface area contributed by atoms with E-state index in [0.29, 0.717) is 22.2 Å². The summed E-state index contributed by atoms with van der Waals surface area (Å²) in [5.74, 6) is -0.515. The summed E-state index contributed by atoms with van der Waals surface area (Å²) in [6, 6.07) is 12.8. The number of para-hydroxylation sites is 2. The molecule has 2 aromatic carbocycles. The van der Waals surface area contributed by atoms with Crippen LogP contribution in [-0.4, -0.2) is 40.9 Å². The molecule has 2 aliphatic heterocycles. The maximum absolute atomic E-state index is 13.2. The van der Waals surface area contributed by atoms with E-state index in [1.54, 1.807) is 30.3 Å². The second-order valence-electron chi connectivity index (χ2n) is 8.79. The maximum Gasteiger partial charge on any atom is 0.298 e. The van der Waals surface area contributed by atoms with Gasteiger partial charge in [-0.1, -0.05) is 48.9 Å². The van der Waals surface area contributed by atoms with Crippen molar-refractivity contribution in [3.05, 3.63) is 69.7 Å². The molecule has 0 saturated carbocycles. The first kappa shape index (κ1) is 24.6. The molecule has 2 saturated heterocycles. The van der Waals surface area contributed by atoms with Crippen molar-refractivity contribution >= 4 is 63.1 Å². The van der Waals surface area contributed by atoms with Gasteiger partial charge in [-0.25, -0.2) is 4.90 Å². The van der Waals surface area contributed by atoms with E-state index in [9.17, 15) is 14.4 Å². The fourth-order valence-electron chi connectivity index (χ4n) is 4.68. The molecule has 7 nitrogen and oxygen atoms in total. The third-order valence-corrected chi connectivity index (χ3v) is 7.62. The van der Waals surface area contributed by atoms with E-state index in [4.69, 9.17) is 16.3 Å². The third-order valence-electron chi connectivity index (χ3n) is 6.43. The van der Waals surface area contributed by atoms with Gasteiger partial charge in [-0.05, 0) is 54.8 Å². The summed E-state index contributed by atoms with van der Waals surface area (Å²) in [7, 11) is 0. The van der Waals surface area contributed by atoms with Crippen molar-refractivity contribution in [1.82, 2.24) is 9.88 Å². The number of thioether (sulfide) groups is 1. The van der Waals surface area contributed by atoms with Crippen molar-refractivity contribution in [2.24, 2.45) is 0 Å². The Hall–Kier alpha value is -3.07. The quantitative estimate of drug-likeness (QED) is 0.420. The van der Waals surface area contributed by atoms with Crippen LogP contribution >= 0.6 is 23.4 Å². The van der Waals surface area contributed by atoms with Crippen LogP contribution in [0.1, 0.15) is 30.9 Å². The first-order valence-corrected chi connectivity index (χ1v) is 13.2. The second kappa shape index (κ2) is 10.5. The molecule has 3 aromatic rings. The Kier molecular flexibility index (Phi) is 7.18. The Morgan fingerprint density at radius 2 is 2.06 bits per heavy atom. The molecule has 0 radical (unpaired) electrons. The minimum atomic E-state index is -0.417. The predicted octanol–water partition coefficient (Wildman–Crippen LogP) is 5.39. The molecule has 2 aliphatic rings. The third kappa shape index (κ3) is 4.81. The van der Waals surface area contributed by atoms with Crippen LogP contribution in [0.3, 0.4) is 0 Å². The smallest absolute Gasteiger partial charge is 0.298 e. The van der Waals surface area contributed by atoms with Gasteiger partial charge in [0, 0.05) is 30.3 Å². The number of ether oxygens (including phenoxy) is 1. The molecule has 186 valence electrons. The van der Waals surface area contributed by atoms with Crippen LogP contribution in [0, 0.1) is 0 Å². The van der Waals surface area contributed by atoms with Crippen LogP contribution < -0.4 is 10.2 Å². The standard InChI is InChI=1S/C27H26ClN3O4S/c1-2-17-7-5-9-20-18(15-30(25(17)20)16-24(32)29-14-19-8-6-12-35-19)13-23-26(33)31(27(34)36-23)22-11-4-3-10-21(22)28/h3-5,7,9-11,13,15,19H,2,6,8,12,14,16H2,1H3,(H,29,32)/b23-13-/t19-/m0/s1. The Morgan fingerprint density at radius 1 is 1.22 bits per heavy atom. The lowest BCUT2D eigenvalue weighted by Gasteiger charge is -2.13. The minimum Gasteiger partial charge on any atom is -0.376 e. The maximum atomic E-state index is 13.2. The van der Waals surface area contributed by atoms with Crippen LogP contribution in [0.4, 0.5) is 10.5 Å². The van der Waals surface area contributed by atoms with Gasteiger partial charge in [0.05, 0.1) is 27.2 Å². The summed E-state index contributed by atoms with van der Waals surface area (Å²) in [6.07, 6.45) is 6.45. The number of fused-ring (bicyclic) bond motifs is 1. The number of carbonyl (C=O) groups excluding carboxylic acids is 3. The molecule has 0 aliphatic carbocycles. The number of rotatable bonds is 7. The fourth-order valence-corrected chi connectivity index (χ4v) is 5.73. The number of hydrogen-bond acceptors (Lipinski definition) is 5. The molecule has 0 spiro atoms. The van der Waals surface area contributed by atoms with E-state index in [-0.39, 0.29) is 18.6 Å². The molecule has 36 heavy (non-hydrogen) atoms. The molecule has 9 heteroatoms. The van der Waals surface area contributed by atoms with E-state index < -0.39 is 11.1 Å². The van der Waals surface area contributed by atoms with Crippen LogP contribution in [0.2, 0.25) is 5.02 Å². The summed E-state index contributed by atoms with van der Waals surface area (Å²) in [4.78, 5) is 40.1. The van der Waals surface area contributed by atoms with Crippen LogP contribution in [-0.2, 0) is 27.3 Å². The molecule has 0 unspecified atom stereocenters. The molecule has 1 aromatic heterocycles. The number of carbonyl (C=O) groups is 3. The Balaban J connectivity index is 1.45. The SMILES string of the molecule is CCc1cccc2c(/C=C3\SC(=O)N(c4ccccc4Cl)C3=O)cn(CC(=O)NC[C@@H]3CCCO3)c12. The van der Waals surface area contributed by atoms with Gasteiger partial charge in [-0.3, -0.25) is 14.4 Å². The van der Waals surface area contributed by atoms with Gasteiger partial charge in [-0.15, -0.1) is 0 Å². The van der Waals surface area contributed by atoms with E-state index in [1.165, 1.54) is 0 Å². The zero-order valence-corrected chi connectivity index (χ0v) is 21.4. The number of anilines is 1. The number of benzene rings is 2. The van der Waals surface area contributed by atoms with Crippen molar-refractivity contribution in [3.8, 4) is 0 Å². The van der Waals surface area contributed by atoms with Gasteiger partial charge >= 0.3 is 0 Å². The number of aryl methyl sites for hydroxylation is 1. The number of halogens is 1. The van der Waals surface area contributed by atoms with Crippen LogP contribution in [0.5, 0.6) is 0 Å². The number of nitrogens with one attached hydrogen (secondary N) is 1. The first-order valence-electron chi connectivity index (χ1n) is 12.0. The Bertz CT molecular complexity index is 1380. The highest BCUT2D eigenvalue weighted by atomic mass is 35.5. The van der Waals surface area contributed by atoms with E-state index in [1.807, 2.05) is 29.0 Å². The van der Waals surface area contributed by atoms with Crippen molar-refractivity contribution in [2.45, 2.75) is 38.8 Å². The molecular weight excluding hydrogens is 498 g/mol. The van der Waals surface area contributed by atoms with Gasteiger partial charge in [0.15, 0.2) is 0 Å². The summed E-state index contributed by atoms with van der Waals surface area (Å²) >= 11 is 7.13. The van der Waals surface area contributed by atoms with E-state index in [0.717, 1.165) is 64.6 Å². The number of hydrogen-bond donors (Lipinski definition) is 1. The highest BCUT2D eigenvalue weighted by molar-refractivity contribution is 8.19. The summed E-state index contributed by atoms with van der Waals surface area (Å²) in [5.41, 5.74) is 3.19. The predicted molar refractivity (Wildman–Crippen MR) is 143 cm³/mol. The molecule has 5 rings (SSSR count). The minimum absolute atomic E-state index is 0.0749. The lowest BCUT2D eigenvalue weighted by molar-refractivity contribution is -0.122. The lowest BCUT2D eigenvalue weighted by Crippen LogP contribution is -2.34. The van der Waals surface area contributed by atoms with Gasteiger partial charge in [-0.2, -0.15) is 0 Å². The zero-order chi connectivity index (χ0) is 25.2.